The summed E-state index contributed by atoms with van der Waals surface area (Å²) in [6, 6.07) is 9.15. The van der Waals surface area contributed by atoms with Crippen LogP contribution in [0.15, 0.2) is 35.2 Å². The second kappa shape index (κ2) is 8.71. The first-order valence-electron chi connectivity index (χ1n) is 8.20. The van der Waals surface area contributed by atoms with E-state index >= 15 is 0 Å². The van der Waals surface area contributed by atoms with Crippen molar-refractivity contribution in [3.8, 4) is 0 Å². The van der Waals surface area contributed by atoms with E-state index in [1.165, 1.54) is 16.7 Å². The minimum atomic E-state index is -3.07. The number of hydrogen-bond donors (Lipinski definition) is 0. The molecule has 0 aromatic heterocycles. The van der Waals surface area contributed by atoms with Crippen LogP contribution in [0.5, 0.6) is 0 Å². The second-order valence-electron chi connectivity index (χ2n) is 5.92. The van der Waals surface area contributed by atoms with Crippen molar-refractivity contribution < 1.29 is 22.7 Å². The highest BCUT2D eigenvalue weighted by Crippen LogP contribution is 2.23. The van der Waals surface area contributed by atoms with Crippen LogP contribution < -0.4 is 0 Å². The van der Waals surface area contributed by atoms with E-state index < -0.39 is 21.1 Å². The van der Waals surface area contributed by atoms with E-state index in [0.29, 0.717) is 13.0 Å². The van der Waals surface area contributed by atoms with Crippen LogP contribution in [0.4, 0.5) is 0 Å². The van der Waals surface area contributed by atoms with E-state index in [-0.39, 0.29) is 30.1 Å². The zero-order valence-corrected chi connectivity index (χ0v) is 16.0. The Hall–Kier alpha value is -1.54. The lowest BCUT2D eigenvalue weighted by atomic mass is 10.2. The highest BCUT2D eigenvalue weighted by molar-refractivity contribution is 8.00. The number of hydrogen-bond acceptors (Lipinski definition) is 6. The summed E-state index contributed by atoms with van der Waals surface area (Å²) in [6.45, 7) is 3.55. The third kappa shape index (κ3) is 5.74. The van der Waals surface area contributed by atoms with Gasteiger partial charge in [-0.05, 0) is 32.4 Å². The molecule has 1 aromatic carbocycles. The molecule has 6 nitrogen and oxygen atoms in total. The molecule has 0 spiro atoms. The maximum Gasteiger partial charge on any atom is 0.319 e. The molecule has 0 aliphatic carbocycles. The predicted octanol–water partition coefficient (Wildman–Crippen LogP) is 1.75. The Labute approximate surface area is 152 Å². The molecule has 0 bridgehead atoms. The van der Waals surface area contributed by atoms with E-state index in [1.807, 2.05) is 30.3 Å². The summed E-state index contributed by atoms with van der Waals surface area (Å²) in [4.78, 5) is 26.8. The van der Waals surface area contributed by atoms with Gasteiger partial charge in [0.05, 0.1) is 11.5 Å². The number of carbonyl (C=O) groups is 2. The van der Waals surface area contributed by atoms with E-state index in [0.717, 1.165) is 4.90 Å². The molecule has 138 valence electrons. The molecule has 2 unspecified atom stereocenters. The van der Waals surface area contributed by atoms with Crippen molar-refractivity contribution in [2.24, 2.45) is 0 Å². The standard InChI is InChI=1S/C17H23NO5S2/c1-3-18(14-9-10-25(21,22)12-14)16(19)11-23-17(20)13(2)24-15-7-5-4-6-8-15/h4-8,13-14H,3,9-12H2,1-2H3. The van der Waals surface area contributed by atoms with Gasteiger partial charge in [-0.1, -0.05) is 18.2 Å². The van der Waals surface area contributed by atoms with Crippen molar-refractivity contribution in [2.45, 2.75) is 36.5 Å². The van der Waals surface area contributed by atoms with Gasteiger partial charge in [0.2, 0.25) is 0 Å². The molecule has 2 rings (SSSR count). The molecule has 1 fully saturated rings. The SMILES string of the molecule is CCN(C(=O)COC(=O)C(C)Sc1ccccc1)C1CCS(=O)(=O)C1. The number of thioether (sulfide) groups is 1. The average molecular weight is 386 g/mol. The Kier molecular flexibility index (Phi) is 6.89. The molecule has 1 aliphatic heterocycles. The summed E-state index contributed by atoms with van der Waals surface area (Å²) in [5.74, 6) is -0.723. The van der Waals surface area contributed by atoms with Crippen molar-refractivity contribution in [2.75, 3.05) is 24.7 Å². The number of amides is 1. The van der Waals surface area contributed by atoms with Crippen molar-refractivity contribution in [3.63, 3.8) is 0 Å². The summed E-state index contributed by atoms with van der Waals surface area (Å²) in [7, 11) is -3.07. The number of esters is 1. The number of rotatable bonds is 7. The van der Waals surface area contributed by atoms with Crippen LogP contribution >= 0.6 is 11.8 Å². The number of ether oxygens (including phenoxy) is 1. The normalized spacial score (nSPS) is 20.0. The Morgan fingerprint density at radius 2 is 2.00 bits per heavy atom. The van der Waals surface area contributed by atoms with Gasteiger partial charge in [-0.25, -0.2) is 8.42 Å². The van der Waals surface area contributed by atoms with Gasteiger partial charge in [-0.3, -0.25) is 9.59 Å². The van der Waals surface area contributed by atoms with Crippen molar-refractivity contribution in [1.29, 1.82) is 0 Å². The Morgan fingerprint density at radius 3 is 2.56 bits per heavy atom. The molecule has 8 heteroatoms. The molecule has 0 saturated carbocycles. The van der Waals surface area contributed by atoms with Gasteiger partial charge in [0, 0.05) is 17.5 Å². The van der Waals surface area contributed by atoms with Gasteiger partial charge in [-0.15, -0.1) is 11.8 Å². The Morgan fingerprint density at radius 1 is 1.32 bits per heavy atom. The van der Waals surface area contributed by atoms with Crippen molar-refractivity contribution in [1.82, 2.24) is 4.90 Å². The largest absolute Gasteiger partial charge is 0.455 e. The molecule has 2 atom stereocenters. The third-order valence-corrected chi connectivity index (χ3v) is 6.88. The molecular weight excluding hydrogens is 362 g/mol. The van der Waals surface area contributed by atoms with E-state index in [2.05, 4.69) is 0 Å². The molecule has 1 aliphatic rings. The lowest BCUT2D eigenvalue weighted by Crippen LogP contribution is -2.43. The fraction of sp³-hybridized carbons (Fsp3) is 0.529. The maximum atomic E-state index is 12.3. The van der Waals surface area contributed by atoms with Crippen LogP contribution in [0.1, 0.15) is 20.3 Å². The van der Waals surface area contributed by atoms with Crippen LogP contribution in [0.2, 0.25) is 0 Å². The molecule has 0 N–H and O–H groups in total. The lowest BCUT2D eigenvalue weighted by Gasteiger charge is -2.26. The van der Waals surface area contributed by atoms with Crippen LogP contribution in [0.25, 0.3) is 0 Å². The van der Waals surface area contributed by atoms with Crippen LogP contribution in [-0.4, -0.2) is 61.1 Å². The smallest absolute Gasteiger partial charge is 0.319 e. The second-order valence-corrected chi connectivity index (χ2v) is 9.56. The van der Waals surface area contributed by atoms with Crippen LogP contribution in [-0.2, 0) is 24.2 Å². The van der Waals surface area contributed by atoms with Crippen molar-refractivity contribution >= 4 is 33.5 Å². The van der Waals surface area contributed by atoms with Crippen LogP contribution in [0.3, 0.4) is 0 Å². The first-order valence-corrected chi connectivity index (χ1v) is 10.9. The Balaban J connectivity index is 1.84. The van der Waals surface area contributed by atoms with E-state index in [4.69, 9.17) is 4.74 Å². The summed E-state index contributed by atoms with van der Waals surface area (Å²) in [5, 5.41) is -0.433. The summed E-state index contributed by atoms with van der Waals surface area (Å²) >= 11 is 1.36. The predicted molar refractivity (Wildman–Crippen MR) is 97.2 cm³/mol. The fourth-order valence-corrected chi connectivity index (χ4v) is 5.36. The van der Waals surface area contributed by atoms with E-state index in [9.17, 15) is 18.0 Å². The summed E-state index contributed by atoms with van der Waals surface area (Å²) < 4.78 is 28.3. The number of nitrogens with zero attached hydrogens (tertiary/aromatic N) is 1. The summed E-state index contributed by atoms with van der Waals surface area (Å²) in [6.07, 6.45) is 0.441. The number of sulfone groups is 1. The molecule has 1 aromatic rings. The first-order chi connectivity index (χ1) is 11.8. The van der Waals surface area contributed by atoms with Gasteiger partial charge in [0.1, 0.15) is 5.25 Å². The molecule has 0 radical (unpaired) electrons. The van der Waals surface area contributed by atoms with E-state index in [1.54, 1.807) is 13.8 Å². The summed E-state index contributed by atoms with van der Waals surface area (Å²) in [5.41, 5.74) is 0. The van der Waals surface area contributed by atoms with Crippen molar-refractivity contribution in [3.05, 3.63) is 30.3 Å². The number of benzene rings is 1. The van der Waals surface area contributed by atoms with Gasteiger partial charge in [0.15, 0.2) is 16.4 Å². The maximum absolute atomic E-state index is 12.3. The third-order valence-electron chi connectivity index (χ3n) is 4.04. The average Bonchev–Trinajstić information content (AvgIpc) is 2.93. The van der Waals surface area contributed by atoms with Gasteiger partial charge < -0.3 is 9.64 Å². The topological polar surface area (TPSA) is 80.8 Å². The Bertz CT molecular complexity index is 705. The van der Waals surface area contributed by atoms with Crippen LogP contribution in [0, 0.1) is 0 Å². The zero-order chi connectivity index (χ0) is 18.4. The quantitative estimate of drug-likeness (QED) is 0.525. The highest BCUT2D eigenvalue weighted by Gasteiger charge is 2.34. The molecule has 1 amide bonds. The number of carbonyl (C=O) groups excluding carboxylic acids is 2. The van der Waals surface area contributed by atoms with Gasteiger partial charge >= 0.3 is 5.97 Å². The molecule has 25 heavy (non-hydrogen) atoms. The minimum Gasteiger partial charge on any atom is -0.455 e. The molecular formula is C17H23NO5S2. The minimum absolute atomic E-state index is 0.0131. The number of likely N-dealkylation sites (N-methyl/N-ethyl adjacent to an activating group) is 1. The lowest BCUT2D eigenvalue weighted by molar-refractivity contribution is -0.152. The fourth-order valence-electron chi connectivity index (χ4n) is 2.74. The molecule has 1 heterocycles. The zero-order valence-electron chi connectivity index (χ0n) is 14.4. The first kappa shape index (κ1) is 19.8. The highest BCUT2D eigenvalue weighted by atomic mass is 32.2. The van der Waals surface area contributed by atoms with Gasteiger partial charge in [0.25, 0.3) is 5.91 Å². The molecule has 1 saturated heterocycles. The monoisotopic (exact) mass is 385 g/mol. The van der Waals surface area contributed by atoms with Gasteiger partial charge in [-0.2, -0.15) is 0 Å².